The molecule has 66 valence electrons. The van der Waals surface area contributed by atoms with Gasteiger partial charge in [-0.2, -0.15) is 8.78 Å². The number of rotatable bonds is 1. The van der Waals surface area contributed by atoms with Crippen LogP contribution in [0.2, 0.25) is 0 Å². The standard InChI is InChI=1S/C7H12F2OS/c1-6(2,3)10-5(11)7(4,8)9/h1-4H3. The number of ether oxygens (including phenoxy) is 1. The zero-order valence-corrected chi connectivity index (χ0v) is 7.89. The average molecular weight is 182 g/mol. The Hall–Kier alpha value is -0.250. The topological polar surface area (TPSA) is 9.23 Å². The number of alkyl halides is 2. The monoisotopic (exact) mass is 182 g/mol. The van der Waals surface area contributed by atoms with E-state index in [2.05, 4.69) is 12.2 Å². The lowest BCUT2D eigenvalue weighted by atomic mass is 10.2. The van der Waals surface area contributed by atoms with Crippen molar-refractivity contribution in [1.29, 1.82) is 0 Å². The SMILES string of the molecule is CC(C)(C)OC(=S)C(C)(F)F. The molecule has 0 aliphatic heterocycles. The Morgan fingerprint density at radius 2 is 1.55 bits per heavy atom. The molecule has 0 saturated carbocycles. The van der Waals surface area contributed by atoms with Crippen molar-refractivity contribution in [2.24, 2.45) is 0 Å². The van der Waals surface area contributed by atoms with Crippen LogP contribution in [0.3, 0.4) is 0 Å². The minimum atomic E-state index is -3.03. The zero-order chi connectivity index (χ0) is 9.28. The van der Waals surface area contributed by atoms with Gasteiger partial charge >= 0.3 is 5.92 Å². The Morgan fingerprint density at radius 1 is 1.18 bits per heavy atom. The van der Waals surface area contributed by atoms with E-state index in [0.29, 0.717) is 0 Å². The average Bonchev–Trinajstić information content (AvgIpc) is 1.56. The molecule has 0 aliphatic rings. The van der Waals surface area contributed by atoms with Gasteiger partial charge < -0.3 is 4.74 Å². The van der Waals surface area contributed by atoms with Gasteiger partial charge in [-0.15, -0.1) is 0 Å². The molecule has 0 amide bonds. The second kappa shape index (κ2) is 3.01. The number of hydrogen-bond donors (Lipinski definition) is 0. The lowest BCUT2D eigenvalue weighted by molar-refractivity contribution is 0.0321. The summed E-state index contributed by atoms with van der Waals surface area (Å²) in [5, 5.41) is -0.648. The summed E-state index contributed by atoms with van der Waals surface area (Å²) in [5.41, 5.74) is -0.642. The molecule has 11 heavy (non-hydrogen) atoms. The molecule has 0 unspecified atom stereocenters. The van der Waals surface area contributed by atoms with E-state index in [1.54, 1.807) is 20.8 Å². The van der Waals surface area contributed by atoms with Gasteiger partial charge in [0.05, 0.1) is 0 Å². The van der Waals surface area contributed by atoms with E-state index < -0.39 is 16.6 Å². The molecule has 0 radical (unpaired) electrons. The molecule has 0 spiro atoms. The van der Waals surface area contributed by atoms with Crippen LogP contribution < -0.4 is 0 Å². The molecular formula is C7H12F2OS. The van der Waals surface area contributed by atoms with Crippen molar-refractivity contribution in [2.45, 2.75) is 39.2 Å². The summed E-state index contributed by atoms with van der Waals surface area (Å²) in [5.74, 6) is -3.03. The van der Waals surface area contributed by atoms with Crippen LogP contribution in [0.15, 0.2) is 0 Å². The van der Waals surface area contributed by atoms with Crippen molar-refractivity contribution in [3.05, 3.63) is 0 Å². The fourth-order valence-electron chi connectivity index (χ4n) is 0.368. The first kappa shape index (κ1) is 10.8. The molecule has 0 atom stereocenters. The summed E-state index contributed by atoms with van der Waals surface area (Å²) in [6.45, 7) is 5.74. The van der Waals surface area contributed by atoms with Crippen molar-refractivity contribution in [3.8, 4) is 0 Å². The van der Waals surface area contributed by atoms with E-state index >= 15 is 0 Å². The van der Waals surface area contributed by atoms with Gasteiger partial charge in [-0.1, -0.05) is 0 Å². The maximum absolute atomic E-state index is 12.4. The molecule has 0 aliphatic carbocycles. The maximum atomic E-state index is 12.4. The van der Waals surface area contributed by atoms with E-state index in [1.807, 2.05) is 0 Å². The number of hydrogen-bond acceptors (Lipinski definition) is 2. The Morgan fingerprint density at radius 3 is 1.64 bits per heavy atom. The first-order valence-electron chi connectivity index (χ1n) is 3.24. The van der Waals surface area contributed by atoms with Gasteiger partial charge in [-0.05, 0) is 33.0 Å². The molecule has 0 saturated heterocycles. The molecule has 0 aromatic rings. The third-order valence-corrected chi connectivity index (χ3v) is 1.20. The van der Waals surface area contributed by atoms with Gasteiger partial charge in [0.15, 0.2) is 0 Å². The minimum absolute atomic E-state index is 0.642. The molecular weight excluding hydrogens is 170 g/mol. The third-order valence-electron chi connectivity index (χ3n) is 0.757. The first-order chi connectivity index (χ1) is 4.63. The Bertz CT molecular complexity index is 155. The molecule has 0 aromatic heterocycles. The fourth-order valence-corrected chi connectivity index (χ4v) is 0.618. The highest BCUT2D eigenvalue weighted by Crippen LogP contribution is 2.20. The summed E-state index contributed by atoms with van der Waals surface area (Å²) in [6, 6.07) is 0. The van der Waals surface area contributed by atoms with Crippen LogP contribution in [0, 0.1) is 0 Å². The predicted octanol–water partition coefficient (Wildman–Crippen LogP) is 2.78. The molecule has 1 nitrogen and oxygen atoms in total. The lowest BCUT2D eigenvalue weighted by Crippen LogP contribution is -2.32. The van der Waals surface area contributed by atoms with Gasteiger partial charge in [0.2, 0.25) is 5.05 Å². The fraction of sp³-hybridized carbons (Fsp3) is 0.857. The Labute approximate surface area is 70.7 Å². The minimum Gasteiger partial charge on any atom is -0.476 e. The van der Waals surface area contributed by atoms with Crippen molar-refractivity contribution in [3.63, 3.8) is 0 Å². The van der Waals surface area contributed by atoms with E-state index in [-0.39, 0.29) is 0 Å². The van der Waals surface area contributed by atoms with Gasteiger partial charge in [0.25, 0.3) is 0 Å². The van der Waals surface area contributed by atoms with Gasteiger partial charge in [0.1, 0.15) is 5.60 Å². The Balaban J connectivity index is 4.11. The van der Waals surface area contributed by atoms with Crippen molar-refractivity contribution in [2.75, 3.05) is 0 Å². The van der Waals surface area contributed by atoms with Crippen molar-refractivity contribution in [1.82, 2.24) is 0 Å². The third kappa shape index (κ3) is 5.07. The second-order valence-corrected chi connectivity index (χ2v) is 3.76. The molecule has 0 aromatic carbocycles. The molecule has 4 heteroatoms. The predicted molar refractivity (Wildman–Crippen MR) is 44.1 cm³/mol. The lowest BCUT2D eigenvalue weighted by Gasteiger charge is -2.24. The largest absolute Gasteiger partial charge is 0.476 e. The molecule has 0 N–H and O–H groups in total. The summed E-state index contributed by atoms with van der Waals surface area (Å²) in [6.07, 6.45) is 0. The van der Waals surface area contributed by atoms with Crippen LogP contribution >= 0.6 is 12.2 Å². The maximum Gasteiger partial charge on any atom is 0.311 e. The summed E-state index contributed by atoms with van der Waals surface area (Å²) >= 11 is 4.37. The van der Waals surface area contributed by atoms with Crippen molar-refractivity contribution < 1.29 is 13.5 Å². The van der Waals surface area contributed by atoms with E-state index in [1.165, 1.54) is 0 Å². The van der Waals surface area contributed by atoms with Crippen molar-refractivity contribution >= 4 is 17.3 Å². The quantitative estimate of drug-likeness (QED) is 0.577. The van der Waals surface area contributed by atoms with Gasteiger partial charge in [-0.3, -0.25) is 0 Å². The molecule has 0 rings (SSSR count). The van der Waals surface area contributed by atoms with Crippen LogP contribution in [0.4, 0.5) is 8.78 Å². The molecule has 0 fully saturated rings. The number of halogens is 2. The molecule has 0 heterocycles. The van der Waals surface area contributed by atoms with Crippen LogP contribution in [0.1, 0.15) is 27.7 Å². The highest BCUT2D eigenvalue weighted by Gasteiger charge is 2.32. The van der Waals surface area contributed by atoms with E-state index in [4.69, 9.17) is 4.74 Å². The highest BCUT2D eigenvalue weighted by atomic mass is 32.1. The van der Waals surface area contributed by atoms with E-state index in [9.17, 15) is 8.78 Å². The van der Waals surface area contributed by atoms with Crippen LogP contribution in [-0.4, -0.2) is 16.6 Å². The summed E-state index contributed by atoms with van der Waals surface area (Å²) < 4.78 is 29.5. The second-order valence-electron chi connectivity index (χ2n) is 3.39. The van der Waals surface area contributed by atoms with Crippen LogP contribution in [0.5, 0.6) is 0 Å². The first-order valence-corrected chi connectivity index (χ1v) is 3.65. The smallest absolute Gasteiger partial charge is 0.311 e. The molecule has 0 bridgehead atoms. The summed E-state index contributed by atoms with van der Waals surface area (Å²) in [4.78, 5) is 0. The zero-order valence-electron chi connectivity index (χ0n) is 7.07. The Kier molecular flexibility index (Phi) is 2.94. The highest BCUT2D eigenvalue weighted by molar-refractivity contribution is 7.80. The van der Waals surface area contributed by atoms with Gasteiger partial charge in [-0.25, -0.2) is 0 Å². The van der Waals surface area contributed by atoms with Crippen LogP contribution in [0.25, 0.3) is 0 Å². The van der Waals surface area contributed by atoms with Gasteiger partial charge in [0, 0.05) is 6.92 Å². The van der Waals surface area contributed by atoms with E-state index in [0.717, 1.165) is 6.92 Å². The number of thiocarbonyl (C=S) groups is 1. The summed E-state index contributed by atoms with van der Waals surface area (Å²) in [7, 11) is 0. The van der Waals surface area contributed by atoms with Crippen LogP contribution in [-0.2, 0) is 4.74 Å². The normalized spacial score (nSPS) is 12.9.